The van der Waals surface area contributed by atoms with Crippen molar-refractivity contribution in [3.8, 4) is 17.0 Å². The molecule has 132 valence electrons. The summed E-state index contributed by atoms with van der Waals surface area (Å²) in [5, 5.41) is 0. The lowest BCUT2D eigenvalue weighted by Gasteiger charge is -2.27. The number of rotatable bonds is 5. The molecule has 0 saturated carbocycles. The summed E-state index contributed by atoms with van der Waals surface area (Å²) in [4.78, 5) is 15.8. The Morgan fingerprint density at radius 3 is 2.76 bits per heavy atom. The number of nitrogens with two attached hydrogens (primary N) is 1. The van der Waals surface area contributed by atoms with E-state index in [1.54, 1.807) is 6.07 Å². The number of carbonyl (C=O) groups excluding carboxylic acids is 1. The molecular weight excluding hydrogens is 330 g/mol. The predicted molar refractivity (Wildman–Crippen MR) is 87.6 cm³/mol. The van der Waals surface area contributed by atoms with Crippen LogP contribution >= 0.6 is 0 Å². The standard InChI is InChI=1S/C18H18F2N2O3/c1-10-2-4-11(5-3-10)14-8-15(16(21)23)22-17-13(14)7-6-12(25-17)9-24-18(19)20/h2-5,8,12,18H,6-7,9H2,1H3,(H2,21,23). The highest BCUT2D eigenvalue weighted by Gasteiger charge is 2.26. The van der Waals surface area contributed by atoms with Crippen molar-refractivity contribution in [1.29, 1.82) is 0 Å². The Morgan fingerprint density at radius 1 is 1.40 bits per heavy atom. The van der Waals surface area contributed by atoms with Gasteiger partial charge in [0, 0.05) is 5.56 Å². The second kappa shape index (κ2) is 7.14. The van der Waals surface area contributed by atoms with E-state index in [1.807, 2.05) is 31.2 Å². The summed E-state index contributed by atoms with van der Waals surface area (Å²) in [5.74, 6) is -0.424. The molecule has 2 aromatic rings. The van der Waals surface area contributed by atoms with Crippen LogP contribution in [0, 0.1) is 6.92 Å². The summed E-state index contributed by atoms with van der Waals surface area (Å²) in [7, 11) is 0. The number of ether oxygens (including phenoxy) is 2. The minimum absolute atomic E-state index is 0.0738. The molecular formula is C18H18F2N2O3. The van der Waals surface area contributed by atoms with Crippen LogP contribution < -0.4 is 10.5 Å². The zero-order chi connectivity index (χ0) is 18.0. The topological polar surface area (TPSA) is 74.4 Å². The fourth-order valence-electron chi connectivity index (χ4n) is 2.82. The number of halogens is 2. The number of benzene rings is 1. The quantitative estimate of drug-likeness (QED) is 0.901. The van der Waals surface area contributed by atoms with Crippen LogP contribution in [0.15, 0.2) is 30.3 Å². The Labute approximate surface area is 143 Å². The van der Waals surface area contributed by atoms with Crippen molar-refractivity contribution < 1.29 is 23.0 Å². The molecule has 2 heterocycles. The van der Waals surface area contributed by atoms with Gasteiger partial charge in [-0.25, -0.2) is 4.98 Å². The Kier molecular flexibility index (Phi) is 4.94. The average molecular weight is 348 g/mol. The molecule has 0 aliphatic carbocycles. The third-order valence-corrected chi connectivity index (χ3v) is 4.10. The molecule has 1 aromatic carbocycles. The van der Waals surface area contributed by atoms with E-state index in [-0.39, 0.29) is 18.2 Å². The maximum atomic E-state index is 12.2. The second-order valence-corrected chi connectivity index (χ2v) is 5.94. The summed E-state index contributed by atoms with van der Waals surface area (Å²) in [6.07, 6.45) is 0.570. The van der Waals surface area contributed by atoms with Gasteiger partial charge < -0.3 is 15.2 Å². The zero-order valence-electron chi connectivity index (χ0n) is 13.7. The number of hydrogen-bond donors (Lipinski definition) is 1. The number of nitrogens with zero attached hydrogens (tertiary/aromatic N) is 1. The van der Waals surface area contributed by atoms with Crippen molar-refractivity contribution in [2.24, 2.45) is 5.73 Å². The fraction of sp³-hybridized carbons (Fsp3) is 0.333. The molecule has 3 rings (SSSR count). The first-order valence-electron chi connectivity index (χ1n) is 7.91. The molecule has 1 unspecified atom stereocenters. The first-order valence-corrected chi connectivity index (χ1v) is 7.91. The first kappa shape index (κ1) is 17.3. The highest BCUT2D eigenvalue weighted by molar-refractivity contribution is 5.93. The molecule has 0 fully saturated rings. The highest BCUT2D eigenvalue weighted by Crippen LogP contribution is 2.35. The van der Waals surface area contributed by atoms with Gasteiger partial charge in [0.1, 0.15) is 11.8 Å². The molecule has 25 heavy (non-hydrogen) atoms. The van der Waals surface area contributed by atoms with E-state index in [1.165, 1.54) is 0 Å². The van der Waals surface area contributed by atoms with E-state index < -0.39 is 18.6 Å². The van der Waals surface area contributed by atoms with Crippen LogP contribution in [0.5, 0.6) is 5.88 Å². The Morgan fingerprint density at radius 2 is 2.12 bits per heavy atom. The van der Waals surface area contributed by atoms with Crippen LogP contribution in [0.3, 0.4) is 0 Å². The van der Waals surface area contributed by atoms with Crippen LogP contribution in [0.25, 0.3) is 11.1 Å². The molecule has 7 heteroatoms. The summed E-state index contributed by atoms with van der Waals surface area (Å²) in [6.45, 7) is -1.10. The van der Waals surface area contributed by atoms with Crippen LogP contribution in [-0.4, -0.2) is 30.2 Å². The third kappa shape index (κ3) is 3.93. The SMILES string of the molecule is Cc1ccc(-c2cc(C(N)=O)nc3c2CCC(COC(F)F)O3)cc1. The van der Waals surface area contributed by atoms with Gasteiger partial charge in [-0.3, -0.25) is 4.79 Å². The summed E-state index contributed by atoms with van der Waals surface area (Å²) >= 11 is 0. The monoisotopic (exact) mass is 348 g/mol. The van der Waals surface area contributed by atoms with Crippen molar-refractivity contribution in [3.63, 3.8) is 0 Å². The molecule has 2 N–H and O–H groups in total. The van der Waals surface area contributed by atoms with E-state index >= 15 is 0 Å². The van der Waals surface area contributed by atoms with Gasteiger partial charge in [0.25, 0.3) is 5.91 Å². The smallest absolute Gasteiger partial charge is 0.345 e. The molecule has 1 aliphatic heterocycles. The Balaban J connectivity index is 1.97. The number of hydrogen-bond acceptors (Lipinski definition) is 4. The molecule has 1 aliphatic rings. The maximum absolute atomic E-state index is 12.2. The summed E-state index contributed by atoms with van der Waals surface area (Å²) in [5.41, 5.74) is 9.12. The predicted octanol–water partition coefficient (Wildman–Crippen LogP) is 3.09. The molecule has 0 spiro atoms. The molecule has 1 atom stereocenters. The first-order chi connectivity index (χ1) is 11.9. The lowest BCUT2D eigenvalue weighted by molar-refractivity contribution is -0.146. The molecule has 5 nitrogen and oxygen atoms in total. The van der Waals surface area contributed by atoms with Gasteiger partial charge in [0.2, 0.25) is 5.88 Å². The maximum Gasteiger partial charge on any atom is 0.345 e. The molecule has 0 bridgehead atoms. The van der Waals surface area contributed by atoms with Gasteiger partial charge in [-0.2, -0.15) is 8.78 Å². The van der Waals surface area contributed by atoms with E-state index in [0.717, 1.165) is 22.3 Å². The number of pyridine rings is 1. The Bertz CT molecular complexity index is 779. The number of aryl methyl sites for hydroxylation is 1. The van der Waals surface area contributed by atoms with Crippen molar-refractivity contribution in [2.75, 3.05) is 6.61 Å². The van der Waals surface area contributed by atoms with E-state index in [0.29, 0.717) is 12.8 Å². The lowest BCUT2D eigenvalue weighted by Crippen LogP contribution is -2.30. The average Bonchev–Trinajstić information content (AvgIpc) is 2.59. The number of primary amides is 1. The van der Waals surface area contributed by atoms with Crippen molar-refractivity contribution in [3.05, 3.63) is 47.2 Å². The van der Waals surface area contributed by atoms with Crippen LogP contribution in [0.4, 0.5) is 8.78 Å². The number of carbonyl (C=O) groups is 1. The van der Waals surface area contributed by atoms with Crippen molar-refractivity contribution in [1.82, 2.24) is 4.98 Å². The molecule has 1 aromatic heterocycles. The minimum atomic E-state index is -2.85. The number of alkyl halides is 2. The largest absolute Gasteiger partial charge is 0.472 e. The van der Waals surface area contributed by atoms with Gasteiger partial charge in [0.05, 0.1) is 6.61 Å². The highest BCUT2D eigenvalue weighted by atomic mass is 19.3. The molecule has 0 saturated heterocycles. The normalized spacial score (nSPS) is 16.4. The minimum Gasteiger partial charge on any atom is -0.472 e. The van der Waals surface area contributed by atoms with Crippen LogP contribution in [0.2, 0.25) is 0 Å². The summed E-state index contributed by atoms with van der Waals surface area (Å²) in [6, 6.07) is 9.47. The number of aromatic nitrogens is 1. The van der Waals surface area contributed by atoms with Crippen molar-refractivity contribution in [2.45, 2.75) is 32.5 Å². The van der Waals surface area contributed by atoms with Crippen molar-refractivity contribution >= 4 is 5.91 Å². The molecule has 0 radical (unpaired) electrons. The lowest BCUT2D eigenvalue weighted by atomic mass is 9.94. The van der Waals surface area contributed by atoms with Gasteiger partial charge >= 0.3 is 6.61 Å². The van der Waals surface area contributed by atoms with E-state index in [9.17, 15) is 13.6 Å². The van der Waals surface area contributed by atoms with Crippen LogP contribution in [-0.2, 0) is 11.2 Å². The number of amides is 1. The van der Waals surface area contributed by atoms with Crippen LogP contribution in [0.1, 0.15) is 28.0 Å². The Hall–Kier alpha value is -2.54. The summed E-state index contributed by atoms with van der Waals surface area (Å²) < 4.78 is 34.4. The molecule has 1 amide bonds. The fourth-order valence-corrected chi connectivity index (χ4v) is 2.82. The van der Waals surface area contributed by atoms with Gasteiger partial charge in [-0.05, 0) is 37.0 Å². The van der Waals surface area contributed by atoms with Gasteiger partial charge in [-0.15, -0.1) is 0 Å². The zero-order valence-corrected chi connectivity index (χ0v) is 13.7. The van der Waals surface area contributed by atoms with E-state index in [4.69, 9.17) is 10.5 Å². The second-order valence-electron chi connectivity index (χ2n) is 5.94. The van der Waals surface area contributed by atoms with E-state index in [2.05, 4.69) is 9.72 Å². The van der Waals surface area contributed by atoms with Gasteiger partial charge in [-0.1, -0.05) is 29.8 Å². The number of fused-ring (bicyclic) bond motifs is 1. The van der Waals surface area contributed by atoms with Gasteiger partial charge in [0.15, 0.2) is 0 Å². The third-order valence-electron chi connectivity index (χ3n) is 4.10.